The molecule has 2 N–H and O–H groups in total. The second-order valence-electron chi connectivity index (χ2n) is 10.1. The van der Waals surface area contributed by atoms with Crippen molar-refractivity contribution in [1.29, 1.82) is 5.26 Å². The van der Waals surface area contributed by atoms with Crippen LogP contribution in [-0.4, -0.2) is 28.2 Å². The van der Waals surface area contributed by atoms with E-state index in [-0.39, 0.29) is 5.57 Å². The van der Waals surface area contributed by atoms with Crippen LogP contribution in [0.3, 0.4) is 0 Å². The molecule has 0 bridgehead atoms. The van der Waals surface area contributed by atoms with E-state index in [1.165, 1.54) is 23.7 Å². The van der Waals surface area contributed by atoms with E-state index in [0.717, 1.165) is 41.6 Å². The van der Waals surface area contributed by atoms with Gasteiger partial charge in [-0.25, -0.2) is 4.79 Å². The zero-order chi connectivity index (χ0) is 26.8. The van der Waals surface area contributed by atoms with Crippen LogP contribution < -0.4 is 4.90 Å². The van der Waals surface area contributed by atoms with Crippen molar-refractivity contribution in [1.82, 2.24) is 0 Å². The van der Waals surface area contributed by atoms with Crippen LogP contribution in [0, 0.1) is 11.3 Å². The second kappa shape index (κ2) is 10.5. The van der Waals surface area contributed by atoms with Crippen molar-refractivity contribution in [3.05, 3.63) is 89.0 Å². The average molecular weight is 507 g/mol. The minimum absolute atomic E-state index is 0.292. The molecule has 2 aliphatic rings. The zero-order valence-electron chi connectivity index (χ0n) is 21.3. The fourth-order valence-corrected chi connectivity index (χ4v) is 6.04. The van der Waals surface area contributed by atoms with Gasteiger partial charge in [0.2, 0.25) is 0 Å². The molecule has 1 aliphatic heterocycles. The first-order valence-electron chi connectivity index (χ1n) is 13.1. The highest BCUT2D eigenvalue weighted by Crippen LogP contribution is 2.53. The molecule has 1 heterocycles. The molecule has 5 rings (SSSR count). The van der Waals surface area contributed by atoms with Gasteiger partial charge in [-0.3, -0.25) is 4.79 Å². The van der Waals surface area contributed by atoms with Gasteiger partial charge in [-0.1, -0.05) is 62.2 Å². The summed E-state index contributed by atoms with van der Waals surface area (Å²) in [5, 5.41) is 27.8. The Morgan fingerprint density at radius 1 is 1.03 bits per heavy atom. The summed E-state index contributed by atoms with van der Waals surface area (Å²) in [5.74, 6) is -2.03. The molecule has 3 unspecified atom stereocenters. The first-order chi connectivity index (χ1) is 18.4. The van der Waals surface area contributed by atoms with Gasteiger partial charge in [-0.05, 0) is 77.4 Å². The van der Waals surface area contributed by atoms with Gasteiger partial charge in [0.15, 0.2) is 0 Å². The van der Waals surface area contributed by atoms with E-state index >= 15 is 0 Å². The van der Waals surface area contributed by atoms with Crippen molar-refractivity contribution >= 4 is 29.4 Å². The van der Waals surface area contributed by atoms with E-state index < -0.39 is 17.9 Å². The van der Waals surface area contributed by atoms with E-state index in [2.05, 4.69) is 35.2 Å². The van der Waals surface area contributed by atoms with Crippen LogP contribution in [0.25, 0.3) is 17.2 Å². The Bertz CT molecular complexity index is 1430. The summed E-state index contributed by atoms with van der Waals surface area (Å²) < 4.78 is 0. The third kappa shape index (κ3) is 4.68. The van der Waals surface area contributed by atoms with Crippen LogP contribution in [0.4, 0.5) is 11.4 Å². The molecule has 0 saturated heterocycles. The molecule has 3 atom stereocenters. The molecule has 0 radical (unpaired) electrons. The molecule has 6 heteroatoms. The van der Waals surface area contributed by atoms with E-state index in [1.54, 1.807) is 6.07 Å². The normalized spacial score (nSPS) is 18.9. The number of nitrogens with zero attached hydrogens (tertiary/aromatic N) is 2. The summed E-state index contributed by atoms with van der Waals surface area (Å²) in [6.45, 7) is 2.01. The number of hydrogen-bond donors (Lipinski definition) is 2. The Morgan fingerprint density at radius 3 is 2.37 bits per heavy atom. The number of rotatable bonds is 8. The van der Waals surface area contributed by atoms with Crippen LogP contribution in [0.5, 0.6) is 0 Å². The summed E-state index contributed by atoms with van der Waals surface area (Å²) >= 11 is 0. The number of carbonyl (C=O) groups is 2. The quantitative estimate of drug-likeness (QED) is 0.250. The number of aliphatic carboxylic acids is 2. The van der Waals surface area contributed by atoms with E-state index in [9.17, 15) is 14.7 Å². The minimum Gasteiger partial charge on any atom is -0.481 e. The maximum absolute atomic E-state index is 11.8. The van der Waals surface area contributed by atoms with Crippen LogP contribution in [-0.2, 0) is 9.59 Å². The molecule has 0 spiro atoms. The molecule has 3 aromatic rings. The number of fused-ring (bicyclic) bond motifs is 3. The van der Waals surface area contributed by atoms with Crippen LogP contribution >= 0.6 is 0 Å². The molecule has 38 heavy (non-hydrogen) atoms. The zero-order valence-corrected chi connectivity index (χ0v) is 21.3. The van der Waals surface area contributed by atoms with Crippen molar-refractivity contribution in [3.63, 3.8) is 0 Å². The lowest BCUT2D eigenvalue weighted by Crippen LogP contribution is -2.26. The molecule has 1 fully saturated rings. The van der Waals surface area contributed by atoms with E-state index in [4.69, 9.17) is 10.4 Å². The van der Waals surface area contributed by atoms with Crippen molar-refractivity contribution in [3.8, 4) is 17.2 Å². The lowest BCUT2D eigenvalue weighted by atomic mass is 9.93. The number of anilines is 2. The van der Waals surface area contributed by atoms with Crippen molar-refractivity contribution < 1.29 is 19.8 Å². The van der Waals surface area contributed by atoms with Gasteiger partial charge in [0, 0.05) is 23.3 Å². The summed E-state index contributed by atoms with van der Waals surface area (Å²) in [5.41, 5.74) is 7.01. The van der Waals surface area contributed by atoms with Crippen molar-refractivity contribution in [2.24, 2.45) is 0 Å². The predicted octanol–water partition coefficient (Wildman–Crippen LogP) is 7.10. The average Bonchev–Trinajstić information content (AvgIpc) is 3.51. The fourth-order valence-electron chi connectivity index (χ4n) is 6.04. The van der Waals surface area contributed by atoms with Gasteiger partial charge in [-0.15, -0.1) is 0 Å². The SMILES string of the molecule is CCCC(C(=O)O)c1ccc(N2c3ccc(-c4ccc(C=C(C#N)C(=O)O)cc4)cc3C3CCCC32)cc1. The number of carboxylic acid groups (broad SMARTS) is 2. The van der Waals surface area contributed by atoms with Crippen LogP contribution in [0.15, 0.2) is 72.3 Å². The number of benzene rings is 3. The maximum atomic E-state index is 11.8. The second-order valence-corrected chi connectivity index (χ2v) is 10.1. The molecule has 6 nitrogen and oxygen atoms in total. The van der Waals surface area contributed by atoms with Gasteiger partial charge >= 0.3 is 11.9 Å². The van der Waals surface area contributed by atoms with Gasteiger partial charge in [0.05, 0.1) is 5.92 Å². The largest absolute Gasteiger partial charge is 0.481 e. The smallest absolute Gasteiger partial charge is 0.346 e. The molecule has 1 aliphatic carbocycles. The highest BCUT2D eigenvalue weighted by molar-refractivity contribution is 5.96. The molecule has 192 valence electrons. The van der Waals surface area contributed by atoms with E-state index in [0.29, 0.717) is 23.9 Å². The Labute approximate surface area is 222 Å². The minimum atomic E-state index is -1.23. The standard InChI is InChI=1S/C32H30N2O4/c1-2-4-26(32(37)38)22-11-14-25(15-12-22)34-29-6-3-5-27(29)28-18-23(13-16-30(28)34)21-9-7-20(8-10-21)17-24(19-33)31(35)36/h7-18,26-27,29H,2-6H2,1H3,(H,35,36)(H,37,38). The van der Waals surface area contributed by atoms with Crippen molar-refractivity contribution in [2.75, 3.05) is 4.90 Å². The predicted molar refractivity (Wildman–Crippen MR) is 147 cm³/mol. The van der Waals surface area contributed by atoms with Crippen LogP contribution in [0.1, 0.15) is 67.6 Å². The topological polar surface area (TPSA) is 102 Å². The monoisotopic (exact) mass is 506 g/mol. The highest BCUT2D eigenvalue weighted by Gasteiger charge is 2.42. The molecule has 1 saturated carbocycles. The summed E-state index contributed by atoms with van der Waals surface area (Å²) in [6.07, 6.45) is 6.27. The third-order valence-electron chi connectivity index (χ3n) is 7.85. The molecule has 3 aromatic carbocycles. The lowest BCUT2D eigenvalue weighted by Gasteiger charge is -2.27. The highest BCUT2D eigenvalue weighted by atomic mass is 16.4. The Balaban J connectivity index is 1.44. The molecule has 0 aromatic heterocycles. The Morgan fingerprint density at radius 2 is 1.74 bits per heavy atom. The van der Waals surface area contributed by atoms with Crippen LogP contribution in [0.2, 0.25) is 0 Å². The van der Waals surface area contributed by atoms with Crippen molar-refractivity contribution in [2.45, 2.75) is 56.9 Å². The third-order valence-corrected chi connectivity index (χ3v) is 7.85. The number of hydrogen-bond acceptors (Lipinski definition) is 4. The first-order valence-corrected chi connectivity index (χ1v) is 13.1. The molecule has 0 amide bonds. The van der Waals surface area contributed by atoms with Gasteiger partial charge < -0.3 is 15.1 Å². The van der Waals surface area contributed by atoms with Gasteiger partial charge in [0.25, 0.3) is 0 Å². The van der Waals surface area contributed by atoms with E-state index in [1.807, 2.05) is 43.3 Å². The number of nitriles is 1. The number of carboxylic acids is 2. The molecular weight excluding hydrogens is 476 g/mol. The Kier molecular flexibility index (Phi) is 7.02. The lowest BCUT2D eigenvalue weighted by molar-refractivity contribution is -0.139. The Hall–Kier alpha value is -4.37. The fraction of sp³-hybridized carbons (Fsp3) is 0.281. The summed E-state index contributed by atoms with van der Waals surface area (Å²) in [4.78, 5) is 25.3. The summed E-state index contributed by atoms with van der Waals surface area (Å²) in [7, 11) is 0. The summed E-state index contributed by atoms with van der Waals surface area (Å²) in [6, 6.07) is 24.3. The first kappa shape index (κ1) is 25.3. The van der Waals surface area contributed by atoms with Gasteiger partial charge in [0.1, 0.15) is 11.6 Å². The van der Waals surface area contributed by atoms with Gasteiger partial charge in [-0.2, -0.15) is 5.26 Å². The molecular formula is C32H30N2O4. The maximum Gasteiger partial charge on any atom is 0.346 e.